The Morgan fingerprint density at radius 3 is 2.72 bits per heavy atom. The summed E-state index contributed by atoms with van der Waals surface area (Å²) < 4.78 is 0. The number of hydrogen-bond acceptors (Lipinski definition) is 4. The fraction of sp³-hybridized carbons (Fsp3) is 0.308. The van der Waals surface area contributed by atoms with Gasteiger partial charge in [0.1, 0.15) is 11.0 Å². The molecule has 0 aliphatic rings. The Labute approximate surface area is 116 Å². The van der Waals surface area contributed by atoms with Crippen LogP contribution in [-0.2, 0) is 0 Å². The third-order valence-corrected chi connectivity index (χ3v) is 3.79. The second-order valence-electron chi connectivity index (χ2n) is 4.49. The number of nitrogens with zero attached hydrogens (tertiary/aromatic N) is 1. The first-order chi connectivity index (χ1) is 8.56. The van der Waals surface area contributed by atoms with Crippen LogP contribution in [0.4, 0.5) is 11.5 Å². The highest BCUT2D eigenvalue weighted by Gasteiger charge is 2.17. The first kappa shape index (κ1) is 13.2. The first-order valence-electron chi connectivity index (χ1n) is 5.79. The fourth-order valence-electron chi connectivity index (χ4n) is 1.78. The number of halogens is 1. The standard InChI is InChI=1S/C13H16ClN3S/c1-8(2)13(10-4-3-5-18-10)17-12-7-9(15)6-11(14)16-12/h3-8,13H,1-2H3,(H3,15,16,17). The number of aromatic nitrogens is 1. The molecule has 0 saturated carbocycles. The van der Waals surface area contributed by atoms with E-state index < -0.39 is 0 Å². The number of thiophene rings is 1. The minimum Gasteiger partial charge on any atom is -0.399 e. The van der Waals surface area contributed by atoms with Crippen LogP contribution >= 0.6 is 22.9 Å². The lowest BCUT2D eigenvalue weighted by Crippen LogP contribution is -2.16. The lowest BCUT2D eigenvalue weighted by atomic mass is 10.0. The number of nitrogens with one attached hydrogen (secondary N) is 1. The van der Waals surface area contributed by atoms with E-state index in [0.717, 1.165) is 0 Å². The van der Waals surface area contributed by atoms with Gasteiger partial charge in [-0.25, -0.2) is 4.98 Å². The highest BCUT2D eigenvalue weighted by Crippen LogP contribution is 2.30. The van der Waals surface area contributed by atoms with E-state index in [9.17, 15) is 0 Å². The SMILES string of the molecule is CC(C)C(Nc1cc(N)cc(Cl)n1)c1cccs1. The van der Waals surface area contributed by atoms with Gasteiger partial charge in [-0.05, 0) is 23.4 Å². The summed E-state index contributed by atoms with van der Waals surface area (Å²) in [4.78, 5) is 5.53. The van der Waals surface area contributed by atoms with Crippen molar-refractivity contribution in [2.45, 2.75) is 19.9 Å². The summed E-state index contributed by atoms with van der Waals surface area (Å²) in [5, 5.41) is 5.88. The molecule has 18 heavy (non-hydrogen) atoms. The Bertz CT molecular complexity index is 491. The molecule has 3 N–H and O–H groups in total. The Balaban J connectivity index is 2.24. The van der Waals surface area contributed by atoms with Gasteiger partial charge in [-0.15, -0.1) is 11.3 Å². The van der Waals surface area contributed by atoms with Gasteiger partial charge in [0.15, 0.2) is 0 Å². The highest BCUT2D eigenvalue weighted by molar-refractivity contribution is 7.10. The van der Waals surface area contributed by atoms with Crippen LogP contribution in [0.3, 0.4) is 0 Å². The van der Waals surface area contributed by atoms with Crippen molar-refractivity contribution in [1.82, 2.24) is 4.98 Å². The average Bonchev–Trinajstić information content (AvgIpc) is 2.77. The zero-order valence-corrected chi connectivity index (χ0v) is 11.9. The number of pyridine rings is 1. The summed E-state index contributed by atoms with van der Waals surface area (Å²) in [5.41, 5.74) is 6.38. The Hall–Kier alpha value is -1.26. The molecule has 5 heteroatoms. The Morgan fingerprint density at radius 2 is 2.17 bits per heavy atom. The zero-order chi connectivity index (χ0) is 13.1. The van der Waals surface area contributed by atoms with E-state index in [1.165, 1.54) is 4.88 Å². The number of hydrogen-bond donors (Lipinski definition) is 2. The van der Waals surface area contributed by atoms with Crippen LogP contribution in [0.2, 0.25) is 5.15 Å². The molecular weight excluding hydrogens is 266 g/mol. The van der Waals surface area contributed by atoms with E-state index in [-0.39, 0.29) is 6.04 Å². The van der Waals surface area contributed by atoms with Crippen LogP contribution < -0.4 is 11.1 Å². The van der Waals surface area contributed by atoms with E-state index in [0.29, 0.717) is 22.6 Å². The van der Waals surface area contributed by atoms with Crippen LogP contribution in [0, 0.1) is 5.92 Å². The molecule has 0 fully saturated rings. The molecule has 0 bridgehead atoms. The predicted molar refractivity (Wildman–Crippen MR) is 79.2 cm³/mol. The smallest absolute Gasteiger partial charge is 0.133 e. The van der Waals surface area contributed by atoms with Gasteiger partial charge in [0, 0.05) is 16.6 Å². The monoisotopic (exact) mass is 281 g/mol. The molecule has 2 aromatic heterocycles. The van der Waals surface area contributed by atoms with Crippen molar-refractivity contribution in [3.8, 4) is 0 Å². The van der Waals surface area contributed by atoms with E-state index in [2.05, 4.69) is 41.7 Å². The molecule has 0 saturated heterocycles. The first-order valence-corrected chi connectivity index (χ1v) is 7.05. The third kappa shape index (κ3) is 3.15. The quantitative estimate of drug-likeness (QED) is 0.826. The van der Waals surface area contributed by atoms with Crippen molar-refractivity contribution in [3.63, 3.8) is 0 Å². The molecule has 0 aliphatic heterocycles. The van der Waals surface area contributed by atoms with Gasteiger partial charge in [0.2, 0.25) is 0 Å². The molecule has 2 rings (SSSR count). The third-order valence-electron chi connectivity index (χ3n) is 2.64. The minimum atomic E-state index is 0.218. The molecule has 1 atom stereocenters. The predicted octanol–water partition coefficient (Wildman–Crippen LogP) is 4.19. The van der Waals surface area contributed by atoms with E-state index in [1.807, 2.05) is 0 Å². The van der Waals surface area contributed by atoms with E-state index in [4.69, 9.17) is 17.3 Å². The number of nitrogens with two attached hydrogens (primary N) is 1. The van der Waals surface area contributed by atoms with Gasteiger partial charge in [-0.2, -0.15) is 0 Å². The Kier molecular flexibility index (Phi) is 4.09. The molecule has 0 aliphatic carbocycles. The molecule has 0 spiro atoms. The average molecular weight is 282 g/mol. The van der Waals surface area contributed by atoms with Crippen molar-refractivity contribution >= 4 is 34.4 Å². The van der Waals surface area contributed by atoms with Crippen molar-refractivity contribution in [2.75, 3.05) is 11.1 Å². The Morgan fingerprint density at radius 1 is 1.39 bits per heavy atom. The molecule has 2 aromatic rings. The fourth-order valence-corrected chi connectivity index (χ4v) is 2.95. The lowest BCUT2D eigenvalue weighted by Gasteiger charge is -2.22. The second kappa shape index (κ2) is 5.59. The van der Waals surface area contributed by atoms with Crippen molar-refractivity contribution < 1.29 is 0 Å². The van der Waals surface area contributed by atoms with Gasteiger partial charge >= 0.3 is 0 Å². The molecule has 3 nitrogen and oxygen atoms in total. The minimum absolute atomic E-state index is 0.218. The topological polar surface area (TPSA) is 50.9 Å². The molecule has 0 aromatic carbocycles. The largest absolute Gasteiger partial charge is 0.399 e. The summed E-state index contributed by atoms with van der Waals surface area (Å²) in [6.07, 6.45) is 0. The summed E-state index contributed by atoms with van der Waals surface area (Å²) in [5.74, 6) is 1.16. The van der Waals surface area contributed by atoms with Crippen molar-refractivity contribution in [3.05, 3.63) is 39.7 Å². The van der Waals surface area contributed by atoms with Gasteiger partial charge in [-0.1, -0.05) is 31.5 Å². The zero-order valence-electron chi connectivity index (χ0n) is 10.4. The van der Waals surface area contributed by atoms with Gasteiger partial charge in [0.05, 0.1) is 6.04 Å². The van der Waals surface area contributed by atoms with E-state index >= 15 is 0 Å². The molecule has 0 radical (unpaired) electrons. The summed E-state index contributed by atoms with van der Waals surface area (Å²) in [6.45, 7) is 4.34. The van der Waals surface area contributed by atoms with Gasteiger partial charge in [-0.3, -0.25) is 0 Å². The number of rotatable bonds is 4. The lowest BCUT2D eigenvalue weighted by molar-refractivity contribution is 0.552. The molecule has 96 valence electrons. The van der Waals surface area contributed by atoms with Crippen LogP contribution in [0.1, 0.15) is 24.8 Å². The van der Waals surface area contributed by atoms with Crippen molar-refractivity contribution in [1.29, 1.82) is 0 Å². The molecule has 0 amide bonds. The molecule has 1 unspecified atom stereocenters. The second-order valence-corrected chi connectivity index (χ2v) is 5.86. The molecular formula is C13H16ClN3S. The summed E-state index contributed by atoms with van der Waals surface area (Å²) >= 11 is 7.64. The van der Waals surface area contributed by atoms with Crippen LogP contribution in [-0.4, -0.2) is 4.98 Å². The maximum atomic E-state index is 5.91. The number of anilines is 2. The van der Waals surface area contributed by atoms with Crippen LogP contribution in [0.25, 0.3) is 0 Å². The van der Waals surface area contributed by atoms with Gasteiger partial charge < -0.3 is 11.1 Å². The normalized spacial score (nSPS) is 12.7. The van der Waals surface area contributed by atoms with Crippen LogP contribution in [0.5, 0.6) is 0 Å². The van der Waals surface area contributed by atoms with Crippen molar-refractivity contribution in [2.24, 2.45) is 5.92 Å². The maximum Gasteiger partial charge on any atom is 0.133 e. The maximum absolute atomic E-state index is 5.91. The van der Waals surface area contributed by atoms with Crippen LogP contribution in [0.15, 0.2) is 29.6 Å². The number of nitrogen functional groups attached to an aromatic ring is 1. The highest BCUT2D eigenvalue weighted by atomic mass is 35.5. The summed E-state index contributed by atoms with van der Waals surface area (Å²) in [7, 11) is 0. The van der Waals surface area contributed by atoms with E-state index in [1.54, 1.807) is 23.5 Å². The van der Waals surface area contributed by atoms with Gasteiger partial charge in [0.25, 0.3) is 0 Å². The summed E-state index contributed by atoms with van der Waals surface area (Å²) in [6, 6.07) is 7.83. The molecule has 2 heterocycles.